The predicted molar refractivity (Wildman–Crippen MR) is 72.0 cm³/mol. The predicted octanol–water partition coefficient (Wildman–Crippen LogP) is 3.17. The second kappa shape index (κ2) is 4.73. The molecule has 0 N–H and O–H groups in total. The lowest BCUT2D eigenvalue weighted by atomic mass is 10.0. The Balaban J connectivity index is 1.95. The summed E-state index contributed by atoms with van der Waals surface area (Å²) in [5.74, 6) is 1.09. The molecule has 0 atom stereocenters. The first-order valence-electron chi connectivity index (χ1n) is 6.39. The van der Waals surface area contributed by atoms with Gasteiger partial charge in [0, 0.05) is 16.9 Å². The monoisotopic (exact) mass is 261 g/mol. The summed E-state index contributed by atoms with van der Waals surface area (Å²) in [5, 5.41) is 0.742. The minimum atomic E-state index is 0.742. The summed E-state index contributed by atoms with van der Waals surface area (Å²) in [7, 11) is 0. The Morgan fingerprint density at radius 1 is 1.33 bits per heavy atom. The molecule has 0 radical (unpaired) electrons. The van der Waals surface area contributed by atoms with Crippen molar-refractivity contribution in [3.8, 4) is 0 Å². The van der Waals surface area contributed by atoms with E-state index in [2.05, 4.69) is 21.5 Å². The van der Waals surface area contributed by atoms with E-state index in [0.717, 1.165) is 35.9 Å². The fourth-order valence-electron chi connectivity index (χ4n) is 2.64. The van der Waals surface area contributed by atoms with Gasteiger partial charge in [0.15, 0.2) is 0 Å². The van der Waals surface area contributed by atoms with E-state index in [-0.39, 0.29) is 0 Å². The number of hydrogen-bond acceptors (Lipinski definition) is 2. The zero-order valence-corrected chi connectivity index (χ0v) is 11.2. The third-order valence-corrected chi connectivity index (χ3v) is 3.76. The van der Waals surface area contributed by atoms with Crippen molar-refractivity contribution in [3.05, 3.63) is 46.3 Å². The molecular weight excluding hydrogens is 246 g/mol. The maximum atomic E-state index is 6.00. The van der Waals surface area contributed by atoms with Crippen LogP contribution in [0.1, 0.15) is 35.7 Å². The summed E-state index contributed by atoms with van der Waals surface area (Å²) in [6.45, 7) is 2.84. The molecular formula is C14H16ClN3. The fraction of sp³-hybridized carbons (Fsp3) is 0.429. The van der Waals surface area contributed by atoms with E-state index >= 15 is 0 Å². The van der Waals surface area contributed by atoms with Crippen LogP contribution in [0.3, 0.4) is 0 Å². The van der Waals surface area contributed by atoms with Gasteiger partial charge in [0.2, 0.25) is 0 Å². The first kappa shape index (κ1) is 11.7. The molecule has 0 amide bonds. The molecule has 94 valence electrons. The van der Waals surface area contributed by atoms with E-state index in [1.165, 1.54) is 24.2 Å². The summed E-state index contributed by atoms with van der Waals surface area (Å²) in [6, 6.07) is 3.73. The maximum Gasteiger partial charge on any atom is 0.106 e. The summed E-state index contributed by atoms with van der Waals surface area (Å²) >= 11 is 6.00. The van der Waals surface area contributed by atoms with Gasteiger partial charge in [-0.05, 0) is 44.7 Å². The third-order valence-electron chi connectivity index (χ3n) is 3.52. The molecule has 0 aliphatic heterocycles. The van der Waals surface area contributed by atoms with Crippen molar-refractivity contribution in [1.82, 2.24) is 14.5 Å². The van der Waals surface area contributed by atoms with Gasteiger partial charge in [-0.25, -0.2) is 4.98 Å². The SMILES string of the molecule is Cc1nc2c(n1Cc1cc(Cl)ccn1)CCCC2. The highest BCUT2D eigenvalue weighted by molar-refractivity contribution is 6.30. The van der Waals surface area contributed by atoms with Crippen LogP contribution in [0.5, 0.6) is 0 Å². The Kier molecular flexibility index (Phi) is 3.08. The number of halogens is 1. The largest absolute Gasteiger partial charge is 0.326 e. The average Bonchev–Trinajstić information content (AvgIpc) is 2.66. The number of imidazole rings is 1. The van der Waals surface area contributed by atoms with Gasteiger partial charge in [-0.3, -0.25) is 4.98 Å². The summed E-state index contributed by atoms with van der Waals surface area (Å²) in [5.41, 5.74) is 3.66. The first-order chi connectivity index (χ1) is 8.74. The van der Waals surface area contributed by atoms with Gasteiger partial charge in [0.1, 0.15) is 5.82 Å². The second-order valence-electron chi connectivity index (χ2n) is 4.81. The lowest BCUT2D eigenvalue weighted by Gasteiger charge is -2.14. The Morgan fingerprint density at radius 3 is 3.00 bits per heavy atom. The molecule has 18 heavy (non-hydrogen) atoms. The fourth-order valence-corrected chi connectivity index (χ4v) is 2.82. The van der Waals surface area contributed by atoms with Gasteiger partial charge >= 0.3 is 0 Å². The molecule has 3 rings (SSSR count). The van der Waals surface area contributed by atoms with E-state index < -0.39 is 0 Å². The second-order valence-corrected chi connectivity index (χ2v) is 5.25. The standard InChI is InChI=1S/C14H16ClN3/c1-10-17-13-4-2-3-5-14(13)18(10)9-12-8-11(15)6-7-16-12/h6-8H,2-5,9H2,1H3. The molecule has 0 bridgehead atoms. The van der Waals surface area contributed by atoms with Crippen molar-refractivity contribution < 1.29 is 0 Å². The molecule has 2 aromatic rings. The number of hydrogen-bond donors (Lipinski definition) is 0. The van der Waals surface area contributed by atoms with Crippen LogP contribution in [0, 0.1) is 6.92 Å². The zero-order chi connectivity index (χ0) is 12.5. The van der Waals surface area contributed by atoms with Crippen LogP contribution in [-0.4, -0.2) is 14.5 Å². The lowest BCUT2D eigenvalue weighted by molar-refractivity contribution is 0.620. The van der Waals surface area contributed by atoms with Crippen LogP contribution in [0.2, 0.25) is 5.02 Å². The van der Waals surface area contributed by atoms with E-state index in [1.807, 2.05) is 6.07 Å². The van der Waals surface area contributed by atoms with Crippen molar-refractivity contribution in [2.24, 2.45) is 0 Å². The quantitative estimate of drug-likeness (QED) is 0.831. The van der Waals surface area contributed by atoms with Crippen LogP contribution in [0.4, 0.5) is 0 Å². The maximum absolute atomic E-state index is 6.00. The molecule has 4 heteroatoms. The molecule has 3 nitrogen and oxygen atoms in total. The normalized spacial score (nSPS) is 14.6. The Morgan fingerprint density at radius 2 is 2.17 bits per heavy atom. The van der Waals surface area contributed by atoms with Crippen LogP contribution in [-0.2, 0) is 19.4 Å². The third kappa shape index (κ3) is 2.15. The molecule has 2 heterocycles. The van der Waals surface area contributed by atoms with Crippen LogP contribution in [0.25, 0.3) is 0 Å². The molecule has 1 aliphatic rings. The Bertz CT molecular complexity index is 574. The van der Waals surface area contributed by atoms with Crippen molar-refractivity contribution in [2.45, 2.75) is 39.2 Å². The minimum Gasteiger partial charge on any atom is -0.326 e. The molecule has 0 aromatic carbocycles. The molecule has 0 saturated carbocycles. The first-order valence-corrected chi connectivity index (χ1v) is 6.77. The number of rotatable bonds is 2. The van der Waals surface area contributed by atoms with Crippen molar-refractivity contribution in [2.75, 3.05) is 0 Å². The highest BCUT2D eigenvalue weighted by atomic mass is 35.5. The van der Waals surface area contributed by atoms with Crippen LogP contribution >= 0.6 is 11.6 Å². The van der Waals surface area contributed by atoms with Gasteiger partial charge < -0.3 is 4.57 Å². The molecule has 0 unspecified atom stereocenters. The molecule has 0 saturated heterocycles. The molecule has 0 spiro atoms. The average molecular weight is 262 g/mol. The summed E-state index contributed by atoms with van der Waals surface area (Å²) in [4.78, 5) is 9.04. The van der Waals surface area contributed by atoms with E-state index in [1.54, 1.807) is 12.3 Å². The summed E-state index contributed by atoms with van der Waals surface area (Å²) in [6.07, 6.45) is 6.54. The summed E-state index contributed by atoms with van der Waals surface area (Å²) < 4.78 is 2.28. The lowest BCUT2D eigenvalue weighted by Crippen LogP contribution is -2.11. The molecule has 2 aromatic heterocycles. The number of nitrogens with zero attached hydrogens (tertiary/aromatic N) is 3. The van der Waals surface area contributed by atoms with Gasteiger partial charge in [0.05, 0.1) is 17.9 Å². The van der Waals surface area contributed by atoms with E-state index in [9.17, 15) is 0 Å². The number of pyridine rings is 1. The molecule has 0 fully saturated rings. The van der Waals surface area contributed by atoms with Crippen molar-refractivity contribution in [1.29, 1.82) is 0 Å². The van der Waals surface area contributed by atoms with Gasteiger partial charge in [-0.1, -0.05) is 11.6 Å². The topological polar surface area (TPSA) is 30.7 Å². The Hall–Kier alpha value is -1.35. The van der Waals surface area contributed by atoms with Crippen molar-refractivity contribution in [3.63, 3.8) is 0 Å². The van der Waals surface area contributed by atoms with Gasteiger partial charge in [-0.2, -0.15) is 0 Å². The Labute approximate surface area is 112 Å². The zero-order valence-electron chi connectivity index (χ0n) is 10.5. The van der Waals surface area contributed by atoms with Crippen LogP contribution in [0.15, 0.2) is 18.3 Å². The number of aromatic nitrogens is 3. The van der Waals surface area contributed by atoms with Gasteiger partial charge in [0.25, 0.3) is 0 Å². The van der Waals surface area contributed by atoms with Crippen LogP contribution < -0.4 is 0 Å². The van der Waals surface area contributed by atoms with E-state index in [4.69, 9.17) is 11.6 Å². The van der Waals surface area contributed by atoms with Gasteiger partial charge in [-0.15, -0.1) is 0 Å². The van der Waals surface area contributed by atoms with Crippen molar-refractivity contribution >= 4 is 11.6 Å². The minimum absolute atomic E-state index is 0.742. The highest BCUT2D eigenvalue weighted by Crippen LogP contribution is 2.23. The van der Waals surface area contributed by atoms with E-state index in [0.29, 0.717) is 0 Å². The number of fused-ring (bicyclic) bond motifs is 1. The highest BCUT2D eigenvalue weighted by Gasteiger charge is 2.18. The number of aryl methyl sites for hydroxylation is 2. The molecule has 1 aliphatic carbocycles. The smallest absolute Gasteiger partial charge is 0.106 e.